The molecule has 0 aliphatic heterocycles. The van der Waals surface area contributed by atoms with Crippen molar-refractivity contribution >= 4 is 15.9 Å². The Kier molecular flexibility index (Phi) is 2.57. The summed E-state index contributed by atoms with van der Waals surface area (Å²) in [7, 11) is 0. The molecule has 0 fully saturated rings. The summed E-state index contributed by atoms with van der Waals surface area (Å²) in [5.41, 5.74) is 1.68. The van der Waals surface area contributed by atoms with Crippen LogP contribution in [0.2, 0.25) is 0 Å². The highest BCUT2D eigenvalue weighted by Crippen LogP contribution is 2.18. The van der Waals surface area contributed by atoms with Gasteiger partial charge in [0.1, 0.15) is 17.6 Å². The number of nitriles is 1. The SMILES string of the molecule is Cc1cc(-n2cccc2C#N)ncc1Br. The van der Waals surface area contributed by atoms with Crippen molar-refractivity contribution in [2.45, 2.75) is 6.92 Å². The number of rotatable bonds is 1. The molecule has 0 amide bonds. The number of halogens is 1. The lowest BCUT2D eigenvalue weighted by atomic mass is 10.3. The van der Waals surface area contributed by atoms with E-state index in [1.54, 1.807) is 16.8 Å². The molecule has 0 saturated carbocycles. The Morgan fingerprint density at radius 2 is 2.33 bits per heavy atom. The van der Waals surface area contributed by atoms with Gasteiger partial charge in [-0.2, -0.15) is 5.26 Å². The number of aryl methyl sites for hydroxylation is 1. The fraction of sp³-hybridized carbons (Fsp3) is 0.0909. The number of nitrogens with zero attached hydrogens (tertiary/aromatic N) is 3. The minimum atomic E-state index is 0.587. The first-order valence-corrected chi connectivity index (χ1v) is 5.21. The van der Waals surface area contributed by atoms with Gasteiger partial charge in [-0.25, -0.2) is 4.98 Å². The van der Waals surface area contributed by atoms with E-state index >= 15 is 0 Å². The molecule has 15 heavy (non-hydrogen) atoms. The Morgan fingerprint density at radius 3 is 3.00 bits per heavy atom. The van der Waals surface area contributed by atoms with Crippen LogP contribution in [0, 0.1) is 18.3 Å². The zero-order valence-electron chi connectivity index (χ0n) is 8.11. The lowest BCUT2D eigenvalue weighted by molar-refractivity contribution is 0.980. The van der Waals surface area contributed by atoms with Crippen LogP contribution in [0.15, 0.2) is 35.1 Å². The highest BCUT2D eigenvalue weighted by atomic mass is 79.9. The van der Waals surface area contributed by atoms with Gasteiger partial charge in [0.15, 0.2) is 0 Å². The number of aromatic nitrogens is 2. The standard InChI is InChI=1S/C11H8BrN3/c1-8-5-11(14-7-10(8)12)15-4-2-3-9(15)6-13/h2-5,7H,1H3. The Labute approximate surface area is 96.1 Å². The van der Waals surface area contributed by atoms with Crippen LogP contribution >= 0.6 is 15.9 Å². The van der Waals surface area contributed by atoms with Crippen LogP contribution < -0.4 is 0 Å². The molecule has 2 aromatic heterocycles. The molecular formula is C11H8BrN3. The van der Waals surface area contributed by atoms with Crippen LogP contribution in [-0.4, -0.2) is 9.55 Å². The van der Waals surface area contributed by atoms with Gasteiger partial charge in [0.25, 0.3) is 0 Å². The molecule has 0 N–H and O–H groups in total. The minimum absolute atomic E-state index is 0.587. The first-order valence-electron chi connectivity index (χ1n) is 4.42. The molecule has 4 heteroatoms. The molecule has 0 aliphatic rings. The lowest BCUT2D eigenvalue weighted by Gasteiger charge is -2.05. The first-order chi connectivity index (χ1) is 7.22. The predicted octanol–water partition coefficient (Wildman–Crippen LogP) is 2.81. The lowest BCUT2D eigenvalue weighted by Crippen LogP contribution is -1.98. The molecule has 74 valence electrons. The third kappa shape index (κ3) is 1.79. The van der Waals surface area contributed by atoms with Gasteiger partial charge >= 0.3 is 0 Å². The van der Waals surface area contributed by atoms with Gasteiger partial charge in [0, 0.05) is 16.9 Å². The fourth-order valence-electron chi connectivity index (χ4n) is 1.33. The van der Waals surface area contributed by atoms with E-state index in [9.17, 15) is 0 Å². The average molecular weight is 262 g/mol. The predicted molar refractivity (Wildman–Crippen MR) is 60.7 cm³/mol. The van der Waals surface area contributed by atoms with Crippen molar-refractivity contribution in [2.75, 3.05) is 0 Å². The molecule has 0 aliphatic carbocycles. The van der Waals surface area contributed by atoms with Crippen molar-refractivity contribution < 1.29 is 0 Å². The van der Waals surface area contributed by atoms with E-state index in [2.05, 4.69) is 27.0 Å². The van der Waals surface area contributed by atoms with E-state index in [1.807, 2.05) is 25.3 Å². The second-order valence-electron chi connectivity index (χ2n) is 3.17. The van der Waals surface area contributed by atoms with Crippen LogP contribution in [0.25, 0.3) is 5.82 Å². The molecule has 2 rings (SSSR count). The Balaban J connectivity index is 2.56. The Morgan fingerprint density at radius 1 is 1.53 bits per heavy atom. The third-order valence-electron chi connectivity index (χ3n) is 2.14. The second-order valence-corrected chi connectivity index (χ2v) is 4.02. The van der Waals surface area contributed by atoms with Gasteiger partial charge in [-0.05, 0) is 46.6 Å². The molecule has 0 bridgehead atoms. The number of hydrogen-bond acceptors (Lipinski definition) is 2. The van der Waals surface area contributed by atoms with Gasteiger partial charge < -0.3 is 0 Å². The molecule has 2 heterocycles. The zero-order chi connectivity index (χ0) is 10.8. The molecule has 0 radical (unpaired) electrons. The van der Waals surface area contributed by atoms with E-state index in [-0.39, 0.29) is 0 Å². The third-order valence-corrected chi connectivity index (χ3v) is 2.97. The Hall–Kier alpha value is -1.60. The van der Waals surface area contributed by atoms with Crippen molar-refractivity contribution in [3.8, 4) is 11.9 Å². The molecule has 0 saturated heterocycles. The highest BCUT2D eigenvalue weighted by molar-refractivity contribution is 9.10. The molecule has 0 atom stereocenters. The fourth-order valence-corrected chi connectivity index (χ4v) is 1.54. The van der Waals surface area contributed by atoms with E-state index in [1.165, 1.54) is 0 Å². The van der Waals surface area contributed by atoms with Crippen molar-refractivity contribution in [3.63, 3.8) is 0 Å². The van der Waals surface area contributed by atoms with Gasteiger partial charge in [0.2, 0.25) is 0 Å². The average Bonchev–Trinajstić information content (AvgIpc) is 2.70. The molecule has 0 unspecified atom stereocenters. The van der Waals surface area contributed by atoms with Crippen LogP contribution in [-0.2, 0) is 0 Å². The summed E-state index contributed by atoms with van der Waals surface area (Å²) in [4.78, 5) is 4.26. The highest BCUT2D eigenvalue weighted by Gasteiger charge is 2.04. The largest absolute Gasteiger partial charge is 0.293 e. The van der Waals surface area contributed by atoms with Crippen molar-refractivity contribution in [2.24, 2.45) is 0 Å². The molecular weight excluding hydrogens is 254 g/mol. The zero-order valence-corrected chi connectivity index (χ0v) is 9.69. The minimum Gasteiger partial charge on any atom is -0.293 e. The van der Waals surface area contributed by atoms with Crippen LogP contribution in [0.5, 0.6) is 0 Å². The maximum atomic E-state index is 8.88. The van der Waals surface area contributed by atoms with Crippen LogP contribution in [0.4, 0.5) is 0 Å². The summed E-state index contributed by atoms with van der Waals surface area (Å²) in [5.74, 6) is 0.761. The van der Waals surface area contributed by atoms with Gasteiger partial charge in [-0.15, -0.1) is 0 Å². The summed E-state index contributed by atoms with van der Waals surface area (Å²) >= 11 is 3.39. The van der Waals surface area contributed by atoms with Crippen LogP contribution in [0.3, 0.4) is 0 Å². The van der Waals surface area contributed by atoms with E-state index < -0.39 is 0 Å². The van der Waals surface area contributed by atoms with Gasteiger partial charge in [-0.1, -0.05) is 0 Å². The summed E-state index contributed by atoms with van der Waals surface area (Å²) in [5, 5.41) is 8.88. The molecule has 0 spiro atoms. The maximum Gasteiger partial charge on any atom is 0.137 e. The van der Waals surface area contributed by atoms with Gasteiger partial charge in [-0.3, -0.25) is 4.57 Å². The van der Waals surface area contributed by atoms with Crippen molar-refractivity contribution in [1.29, 1.82) is 5.26 Å². The van der Waals surface area contributed by atoms with Crippen molar-refractivity contribution in [3.05, 3.63) is 46.3 Å². The summed E-state index contributed by atoms with van der Waals surface area (Å²) in [6.45, 7) is 1.99. The van der Waals surface area contributed by atoms with Gasteiger partial charge in [0.05, 0.1) is 0 Å². The smallest absolute Gasteiger partial charge is 0.137 e. The quantitative estimate of drug-likeness (QED) is 0.792. The second kappa shape index (κ2) is 3.87. The summed E-state index contributed by atoms with van der Waals surface area (Å²) in [6, 6.07) is 7.65. The van der Waals surface area contributed by atoms with E-state index in [4.69, 9.17) is 5.26 Å². The van der Waals surface area contributed by atoms with Crippen molar-refractivity contribution in [1.82, 2.24) is 9.55 Å². The molecule has 2 aromatic rings. The number of pyridine rings is 1. The number of hydrogen-bond donors (Lipinski definition) is 0. The monoisotopic (exact) mass is 261 g/mol. The van der Waals surface area contributed by atoms with E-state index in [0.717, 1.165) is 15.9 Å². The Bertz CT molecular complexity index is 537. The molecule has 3 nitrogen and oxygen atoms in total. The normalized spacial score (nSPS) is 9.93. The molecule has 0 aromatic carbocycles. The topological polar surface area (TPSA) is 41.6 Å². The maximum absolute atomic E-state index is 8.88. The summed E-state index contributed by atoms with van der Waals surface area (Å²) in [6.07, 6.45) is 3.57. The summed E-state index contributed by atoms with van der Waals surface area (Å²) < 4.78 is 2.73. The first kappa shape index (κ1) is 9.94. The van der Waals surface area contributed by atoms with E-state index in [0.29, 0.717) is 5.69 Å². The van der Waals surface area contributed by atoms with Crippen LogP contribution in [0.1, 0.15) is 11.3 Å².